The highest BCUT2D eigenvalue weighted by Gasteiger charge is 2.33. The smallest absolute Gasteiger partial charge is 0.243 e. The Balaban J connectivity index is 1.28. The van der Waals surface area contributed by atoms with Crippen LogP contribution in [0, 0.1) is 17.6 Å². The van der Waals surface area contributed by atoms with Gasteiger partial charge in [-0.3, -0.25) is 4.79 Å². The fraction of sp³-hybridized carbons (Fsp3) is 0.480. The molecule has 4 rings (SSSR count). The molecule has 1 aliphatic heterocycles. The van der Waals surface area contributed by atoms with Crippen LogP contribution in [0.25, 0.3) is 0 Å². The van der Waals surface area contributed by atoms with E-state index >= 15 is 0 Å². The number of halogens is 2. The van der Waals surface area contributed by atoms with E-state index in [1.54, 1.807) is 13.0 Å². The molecule has 0 saturated carbocycles. The summed E-state index contributed by atoms with van der Waals surface area (Å²) >= 11 is 0. The van der Waals surface area contributed by atoms with Gasteiger partial charge in [0.2, 0.25) is 15.9 Å². The number of carbonyl (C=O) groups excluding carboxylic acids is 1. The Bertz CT molecular complexity index is 1150. The molecule has 1 unspecified atom stereocenters. The van der Waals surface area contributed by atoms with E-state index in [9.17, 15) is 22.0 Å². The zero-order chi connectivity index (χ0) is 24.3. The number of sulfonamides is 1. The van der Waals surface area contributed by atoms with Crippen molar-refractivity contribution in [2.24, 2.45) is 5.92 Å². The lowest BCUT2D eigenvalue weighted by Gasteiger charge is -2.31. The maximum absolute atomic E-state index is 13.7. The van der Waals surface area contributed by atoms with Crippen molar-refractivity contribution in [1.82, 2.24) is 9.62 Å². The summed E-state index contributed by atoms with van der Waals surface area (Å²) < 4.78 is 59.8. The number of piperidine rings is 1. The molecule has 6 nitrogen and oxygen atoms in total. The number of aryl methyl sites for hydroxylation is 2. The van der Waals surface area contributed by atoms with Gasteiger partial charge >= 0.3 is 0 Å². The van der Waals surface area contributed by atoms with Crippen molar-refractivity contribution < 1.29 is 26.7 Å². The number of carbonyl (C=O) groups is 1. The summed E-state index contributed by atoms with van der Waals surface area (Å²) in [6, 6.07) is 8.10. The summed E-state index contributed by atoms with van der Waals surface area (Å²) in [6.07, 6.45) is 4.99. The number of rotatable bonds is 7. The van der Waals surface area contributed by atoms with Crippen LogP contribution in [-0.2, 0) is 27.7 Å². The Morgan fingerprint density at radius 2 is 1.79 bits per heavy atom. The van der Waals surface area contributed by atoms with Gasteiger partial charge in [0.05, 0.1) is 10.9 Å². The molecular formula is C25H30F2N2O4S. The third kappa shape index (κ3) is 5.58. The Morgan fingerprint density at radius 3 is 2.50 bits per heavy atom. The fourth-order valence-electron chi connectivity index (χ4n) is 4.59. The van der Waals surface area contributed by atoms with Crippen molar-refractivity contribution in [2.45, 2.75) is 56.4 Å². The van der Waals surface area contributed by atoms with E-state index in [2.05, 4.69) is 5.32 Å². The van der Waals surface area contributed by atoms with Gasteiger partial charge in [-0.15, -0.1) is 0 Å². The number of fused-ring (bicyclic) bond motifs is 1. The first kappa shape index (κ1) is 24.6. The van der Waals surface area contributed by atoms with Crippen LogP contribution < -0.4 is 10.1 Å². The maximum Gasteiger partial charge on any atom is 0.243 e. The monoisotopic (exact) mass is 492 g/mol. The van der Waals surface area contributed by atoms with Gasteiger partial charge in [-0.25, -0.2) is 17.2 Å². The van der Waals surface area contributed by atoms with Gasteiger partial charge in [0.1, 0.15) is 12.4 Å². The van der Waals surface area contributed by atoms with E-state index in [4.69, 9.17) is 4.74 Å². The van der Waals surface area contributed by atoms with E-state index in [1.165, 1.54) is 15.9 Å². The number of ether oxygens (including phenoxy) is 1. The molecule has 2 aliphatic rings. The van der Waals surface area contributed by atoms with Crippen molar-refractivity contribution in [2.75, 3.05) is 19.7 Å². The SMILES string of the molecule is CC(COc1ccc(F)cc1F)NC(=O)C1CCN(S(=O)(=O)c2ccc3c(c2)CCCC3)CC1. The molecule has 2 aromatic rings. The predicted octanol–water partition coefficient (Wildman–Crippen LogP) is 3.83. The zero-order valence-corrected chi connectivity index (χ0v) is 20.0. The van der Waals surface area contributed by atoms with Gasteiger partial charge in [0.15, 0.2) is 11.6 Å². The minimum Gasteiger partial charge on any atom is -0.488 e. The summed E-state index contributed by atoms with van der Waals surface area (Å²) in [5.41, 5.74) is 2.36. The van der Waals surface area contributed by atoms with Crippen molar-refractivity contribution in [3.63, 3.8) is 0 Å². The largest absolute Gasteiger partial charge is 0.488 e. The Hall–Kier alpha value is -2.52. The van der Waals surface area contributed by atoms with E-state index in [0.29, 0.717) is 17.7 Å². The third-order valence-corrected chi connectivity index (χ3v) is 8.45. The van der Waals surface area contributed by atoms with Crippen LogP contribution >= 0.6 is 0 Å². The Labute approximate surface area is 199 Å². The average Bonchev–Trinajstić information content (AvgIpc) is 2.83. The van der Waals surface area contributed by atoms with E-state index in [-0.39, 0.29) is 37.3 Å². The highest BCUT2D eigenvalue weighted by Crippen LogP contribution is 2.28. The van der Waals surface area contributed by atoms with E-state index in [1.807, 2.05) is 12.1 Å². The molecule has 9 heteroatoms. The van der Waals surface area contributed by atoms with Crippen LogP contribution in [0.4, 0.5) is 8.78 Å². The summed E-state index contributed by atoms with van der Waals surface area (Å²) in [5, 5.41) is 2.84. The number of nitrogens with one attached hydrogen (secondary N) is 1. The quantitative estimate of drug-likeness (QED) is 0.638. The molecule has 0 aromatic heterocycles. The van der Waals surface area contributed by atoms with Crippen LogP contribution in [-0.4, -0.2) is 44.4 Å². The Kier molecular flexibility index (Phi) is 7.52. The summed E-state index contributed by atoms with van der Waals surface area (Å²) in [7, 11) is -3.59. The van der Waals surface area contributed by atoms with Gasteiger partial charge in [-0.05, 0) is 80.8 Å². The second-order valence-corrected chi connectivity index (χ2v) is 11.0. The first-order valence-corrected chi connectivity index (χ1v) is 13.2. The molecule has 1 N–H and O–H groups in total. The maximum atomic E-state index is 13.7. The lowest BCUT2D eigenvalue weighted by atomic mass is 9.92. The lowest BCUT2D eigenvalue weighted by Crippen LogP contribution is -2.46. The number of nitrogens with zero attached hydrogens (tertiary/aromatic N) is 1. The minimum absolute atomic E-state index is 0.0276. The molecule has 1 heterocycles. The molecule has 0 spiro atoms. The van der Waals surface area contributed by atoms with Crippen molar-refractivity contribution >= 4 is 15.9 Å². The normalized spacial score (nSPS) is 18.2. The molecule has 1 saturated heterocycles. The molecule has 1 aliphatic carbocycles. The fourth-order valence-corrected chi connectivity index (χ4v) is 6.11. The molecule has 1 atom stereocenters. The van der Waals surface area contributed by atoms with E-state index in [0.717, 1.165) is 43.4 Å². The first-order chi connectivity index (χ1) is 16.2. The minimum atomic E-state index is -3.59. The number of amides is 1. The highest BCUT2D eigenvalue weighted by atomic mass is 32.2. The molecule has 34 heavy (non-hydrogen) atoms. The van der Waals surface area contributed by atoms with Gasteiger partial charge in [-0.2, -0.15) is 4.31 Å². The second-order valence-electron chi connectivity index (χ2n) is 9.11. The summed E-state index contributed by atoms with van der Waals surface area (Å²) in [6.45, 7) is 2.32. The average molecular weight is 493 g/mol. The van der Waals surface area contributed by atoms with Gasteiger partial charge in [0.25, 0.3) is 0 Å². The van der Waals surface area contributed by atoms with Crippen LogP contribution in [0.15, 0.2) is 41.3 Å². The van der Waals surface area contributed by atoms with Crippen LogP contribution in [0.1, 0.15) is 43.7 Å². The summed E-state index contributed by atoms with van der Waals surface area (Å²) in [5.74, 6) is -2.05. The third-order valence-electron chi connectivity index (χ3n) is 6.55. The molecule has 2 aromatic carbocycles. The second kappa shape index (κ2) is 10.4. The molecule has 1 fully saturated rings. The zero-order valence-electron chi connectivity index (χ0n) is 19.2. The number of hydrogen-bond acceptors (Lipinski definition) is 4. The first-order valence-electron chi connectivity index (χ1n) is 11.7. The van der Waals surface area contributed by atoms with Gasteiger partial charge in [0, 0.05) is 25.1 Å². The topological polar surface area (TPSA) is 75.7 Å². The van der Waals surface area contributed by atoms with Crippen LogP contribution in [0.3, 0.4) is 0 Å². The number of benzene rings is 2. The van der Waals surface area contributed by atoms with Crippen molar-refractivity contribution in [1.29, 1.82) is 0 Å². The molecule has 1 amide bonds. The standard InChI is InChI=1S/C25H30F2N2O4S/c1-17(16-33-24-9-7-21(26)15-23(24)27)28-25(30)19-10-12-29(13-11-19)34(31,32)22-8-6-18-4-2-3-5-20(18)14-22/h6-9,14-15,17,19H,2-5,10-13,16H2,1H3,(H,28,30). The van der Waals surface area contributed by atoms with Crippen LogP contribution in [0.5, 0.6) is 5.75 Å². The molecule has 0 radical (unpaired) electrons. The van der Waals surface area contributed by atoms with Crippen molar-refractivity contribution in [3.05, 3.63) is 59.2 Å². The predicted molar refractivity (Wildman–Crippen MR) is 124 cm³/mol. The number of hydrogen-bond donors (Lipinski definition) is 1. The molecule has 184 valence electrons. The molecule has 0 bridgehead atoms. The van der Waals surface area contributed by atoms with Crippen molar-refractivity contribution in [3.8, 4) is 5.75 Å². The highest BCUT2D eigenvalue weighted by molar-refractivity contribution is 7.89. The van der Waals surface area contributed by atoms with E-state index < -0.39 is 27.7 Å². The van der Waals surface area contributed by atoms with Gasteiger partial charge in [-0.1, -0.05) is 6.07 Å². The molecular weight excluding hydrogens is 462 g/mol. The Morgan fingerprint density at radius 1 is 1.09 bits per heavy atom. The summed E-state index contributed by atoms with van der Waals surface area (Å²) in [4.78, 5) is 13.0. The van der Waals surface area contributed by atoms with Gasteiger partial charge < -0.3 is 10.1 Å². The van der Waals surface area contributed by atoms with Crippen LogP contribution in [0.2, 0.25) is 0 Å². The lowest BCUT2D eigenvalue weighted by molar-refractivity contribution is -0.126.